The van der Waals surface area contributed by atoms with E-state index in [4.69, 9.17) is 4.74 Å². The standard InChI is InChI=1S/C10H12F3N3O2/c11-10(12,13)8-7(5-15-16-9(8)17)14-4-6-2-1-3-18-6/h5-6H,1-4H2,(H2,14,16,17). The molecular formula is C10H12F3N3O2. The summed E-state index contributed by atoms with van der Waals surface area (Å²) in [5, 5.41) is 7.72. The highest BCUT2D eigenvalue weighted by atomic mass is 19.4. The van der Waals surface area contributed by atoms with Crippen LogP contribution in [0.4, 0.5) is 18.9 Å². The number of alkyl halides is 3. The van der Waals surface area contributed by atoms with Crippen molar-refractivity contribution in [2.24, 2.45) is 0 Å². The quantitative estimate of drug-likeness (QED) is 0.864. The van der Waals surface area contributed by atoms with Crippen molar-refractivity contribution in [1.29, 1.82) is 0 Å². The molecule has 0 bridgehead atoms. The molecule has 100 valence electrons. The van der Waals surface area contributed by atoms with Crippen molar-refractivity contribution >= 4 is 5.69 Å². The van der Waals surface area contributed by atoms with Gasteiger partial charge in [0.2, 0.25) is 0 Å². The number of aromatic nitrogens is 2. The van der Waals surface area contributed by atoms with Crippen molar-refractivity contribution in [2.45, 2.75) is 25.1 Å². The number of halogens is 3. The van der Waals surface area contributed by atoms with E-state index >= 15 is 0 Å². The van der Waals surface area contributed by atoms with E-state index in [1.807, 2.05) is 0 Å². The first kappa shape index (κ1) is 12.9. The minimum atomic E-state index is -4.71. The number of nitrogens with zero attached hydrogens (tertiary/aromatic N) is 1. The van der Waals surface area contributed by atoms with Gasteiger partial charge in [0, 0.05) is 13.2 Å². The third-order valence-corrected chi connectivity index (χ3v) is 2.68. The Kier molecular flexibility index (Phi) is 3.55. The van der Waals surface area contributed by atoms with Crippen molar-refractivity contribution in [3.05, 3.63) is 22.1 Å². The molecule has 1 fully saturated rings. The van der Waals surface area contributed by atoms with E-state index in [1.165, 1.54) is 0 Å². The van der Waals surface area contributed by atoms with Gasteiger partial charge >= 0.3 is 6.18 Å². The van der Waals surface area contributed by atoms with Gasteiger partial charge in [-0.25, -0.2) is 5.10 Å². The Morgan fingerprint density at radius 1 is 1.56 bits per heavy atom. The first-order valence-corrected chi connectivity index (χ1v) is 5.49. The highest BCUT2D eigenvalue weighted by Crippen LogP contribution is 2.31. The molecule has 0 saturated carbocycles. The predicted molar refractivity (Wildman–Crippen MR) is 57.3 cm³/mol. The number of rotatable bonds is 3. The molecule has 0 aliphatic carbocycles. The fourth-order valence-electron chi connectivity index (χ4n) is 1.84. The number of anilines is 1. The summed E-state index contributed by atoms with van der Waals surface area (Å²) >= 11 is 0. The molecule has 0 amide bonds. The van der Waals surface area contributed by atoms with Crippen molar-refractivity contribution in [1.82, 2.24) is 10.2 Å². The predicted octanol–water partition coefficient (Wildman–Crippen LogP) is 1.38. The third kappa shape index (κ3) is 2.81. The molecule has 8 heteroatoms. The van der Waals surface area contributed by atoms with E-state index in [2.05, 4.69) is 10.4 Å². The molecule has 1 aliphatic heterocycles. The van der Waals surface area contributed by atoms with Gasteiger partial charge in [-0.05, 0) is 12.8 Å². The van der Waals surface area contributed by atoms with Gasteiger partial charge in [0.1, 0.15) is 5.56 Å². The molecule has 1 aliphatic rings. The molecule has 1 saturated heterocycles. The number of ether oxygens (including phenoxy) is 1. The maximum atomic E-state index is 12.7. The summed E-state index contributed by atoms with van der Waals surface area (Å²) in [6.45, 7) is 0.848. The Balaban J connectivity index is 2.16. The van der Waals surface area contributed by atoms with Gasteiger partial charge in [-0.1, -0.05) is 0 Å². The largest absolute Gasteiger partial charge is 0.423 e. The molecule has 1 unspecified atom stereocenters. The van der Waals surface area contributed by atoms with Gasteiger partial charge in [-0.3, -0.25) is 4.79 Å². The summed E-state index contributed by atoms with van der Waals surface area (Å²) < 4.78 is 43.4. The molecule has 0 aromatic carbocycles. The molecule has 1 atom stereocenters. The van der Waals surface area contributed by atoms with Crippen LogP contribution in [0.3, 0.4) is 0 Å². The lowest BCUT2D eigenvalue weighted by Crippen LogP contribution is -2.27. The Bertz CT molecular complexity index is 466. The van der Waals surface area contributed by atoms with E-state index in [0.717, 1.165) is 19.0 Å². The van der Waals surface area contributed by atoms with Crippen LogP contribution in [-0.2, 0) is 10.9 Å². The Morgan fingerprint density at radius 2 is 2.33 bits per heavy atom. The second-order valence-corrected chi connectivity index (χ2v) is 4.00. The van der Waals surface area contributed by atoms with E-state index in [9.17, 15) is 18.0 Å². The topological polar surface area (TPSA) is 67.0 Å². The summed E-state index contributed by atoms with van der Waals surface area (Å²) in [5.41, 5.74) is -2.82. The van der Waals surface area contributed by atoms with Crippen LogP contribution in [0.15, 0.2) is 11.0 Å². The van der Waals surface area contributed by atoms with Gasteiger partial charge in [0.25, 0.3) is 5.56 Å². The fourth-order valence-corrected chi connectivity index (χ4v) is 1.84. The molecule has 5 nitrogen and oxygen atoms in total. The molecule has 1 aromatic rings. The van der Waals surface area contributed by atoms with Crippen LogP contribution in [0.5, 0.6) is 0 Å². The number of hydrogen-bond acceptors (Lipinski definition) is 4. The molecule has 18 heavy (non-hydrogen) atoms. The third-order valence-electron chi connectivity index (χ3n) is 2.68. The number of hydrogen-bond donors (Lipinski definition) is 2. The molecular weight excluding hydrogens is 251 g/mol. The van der Waals surface area contributed by atoms with Crippen molar-refractivity contribution in [3.8, 4) is 0 Å². The van der Waals surface area contributed by atoms with E-state index < -0.39 is 17.3 Å². The molecule has 0 radical (unpaired) electrons. The van der Waals surface area contributed by atoms with Crippen molar-refractivity contribution in [2.75, 3.05) is 18.5 Å². The maximum Gasteiger partial charge on any atom is 0.423 e. The van der Waals surface area contributed by atoms with Crippen molar-refractivity contribution < 1.29 is 17.9 Å². The average molecular weight is 263 g/mol. The van der Waals surface area contributed by atoms with Crippen LogP contribution < -0.4 is 10.9 Å². The monoisotopic (exact) mass is 263 g/mol. The summed E-state index contributed by atoms with van der Waals surface area (Å²) in [7, 11) is 0. The number of H-pyrrole nitrogens is 1. The summed E-state index contributed by atoms with van der Waals surface area (Å²) in [5.74, 6) is 0. The van der Waals surface area contributed by atoms with Gasteiger partial charge in [0.05, 0.1) is 18.0 Å². The van der Waals surface area contributed by atoms with Gasteiger partial charge in [-0.15, -0.1) is 0 Å². The lowest BCUT2D eigenvalue weighted by atomic mass is 10.2. The highest BCUT2D eigenvalue weighted by Gasteiger charge is 2.37. The number of aromatic amines is 1. The van der Waals surface area contributed by atoms with E-state index in [1.54, 1.807) is 5.10 Å². The van der Waals surface area contributed by atoms with Crippen LogP contribution in [-0.4, -0.2) is 29.5 Å². The Morgan fingerprint density at radius 3 is 2.94 bits per heavy atom. The lowest BCUT2D eigenvalue weighted by Gasteiger charge is -2.15. The van der Waals surface area contributed by atoms with Crippen molar-refractivity contribution in [3.63, 3.8) is 0 Å². The smallest absolute Gasteiger partial charge is 0.380 e. The minimum absolute atomic E-state index is 0.120. The molecule has 2 rings (SSSR count). The first-order valence-electron chi connectivity index (χ1n) is 5.49. The zero-order valence-electron chi connectivity index (χ0n) is 9.38. The average Bonchev–Trinajstić information content (AvgIpc) is 2.77. The van der Waals surface area contributed by atoms with Crippen LogP contribution in [0.25, 0.3) is 0 Å². The second kappa shape index (κ2) is 4.97. The number of nitrogens with one attached hydrogen (secondary N) is 2. The lowest BCUT2D eigenvalue weighted by molar-refractivity contribution is -0.138. The molecule has 0 spiro atoms. The Labute approximate surface area is 100 Å². The van der Waals surface area contributed by atoms with E-state index in [0.29, 0.717) is 6.61 Å². The first-order chi connectivity index (χ1) is 8.48. The van der Waals surface area contributed by atoms with Crippen LogP contribution in [0.2, 0.25) is 0 Å². The molecule has 2 heterocycles. The Hall–Kier alpha value is -1.57. The summed E-state index contributed by atoms with van der Waals surface area (Å²) in [6, 6.07) is 0. The zero-order chi connectivity index (χ0) is 13.2. The van der Waals surface area contributed by atoms with Gasteiger partial charge < -0.3 is 10.1 Å². The summed E-state index contributed by atoms with van der Waals surface area (Å²) in [6.07, 6.45) is -2.18. The van der Waals surface area contributed by atoms with Gasteiger partial charge in [0.15, 0.2) is 0 Å². The normalized spacial score (nSPS) is 20.1. The fraction of sp³-hybridized carbons (Fsp3) is 0.600. The minimum Gasteiger partial charge on any atom is -0.380 e. The zero-order valence-corrected chi connectivity index (χ0v) is 9.38. The van der Waals surface area contributed by atoms with E-state index in [-0.39, 0.29) is 18.3 Å². The highest BCUT2D eigenvalue weighted by molar-refractivity contribution is 5.49. The molecule has 2 N–H and O–H groups in total. The maximum absolute atomic E-state index is 12.7. The van der Waals surface area contributed by atoms with Crippen LogP contribution in [0.1, 0.15) is 18.4 Å². The van der Waals surface area contributed by atoms with Crippen LogP contribution in [0, 0.1) is 0 Å². The second-order valence-electron chi connectivity index (χ2n) is 4.00. The molecule has 1 aromatic heterocycles. The van der Waals surface area contributed by atoms with Gasteiger partial charge in [-0.2, -0.15) is 18.3 Å². The van der Waals surface area contributed by atoms with Crippen LogP contribution >= 0.6 is 0 Å². The summed E-state index contributed by atoms with van der Waals surface area (Å²) in [4.78, 5) is 11.2. The SMILES string of the molecule is O=c1[nH]ncc(NCC2CCCO2)c1C(F)(F)F.